The Kier molecular flexibility index (Phi) is 3.89. The summed E-state index contributed by atoms with van der Waals surface area (Å²) in [5, 5.41) is 0. The highest BCUT2D eigenvalue weighted by atomic mass is 16.4. The lowest BCUT2D eigenvalue weighted by Crippen LogP contribution is -2.51. The van der Waals surface area contributed by atoms with Crippen molar-refractivity contribution >= 4 is 11.8 Å². The van der Waals surface area contributed by atoms with Gasteiger partial charge in [0.05, 0.1) is 12.1 Å². The van der Waals surface area contributed by atoms with Crippen molar-refractivity contribution in [1.82, 2.24) is 14.8 Å². The molecule has 4 rings (SSSR count). The molecule has 3 heterocycles. The number of amides is 2. The third-order valence-corrected chi connectivity index (χ3v) is 5.90. The highest BCUT2D eigenvalue weighted by molar-refractivity contribution is 5.94. The summed E-state index contributed by atoms with van der Waals surface area (Å²) < 4.78 is 5.39. The van der Waals surface area contributed by atoms with Gasteiger partial charge in [0.2, 0.25) is 5.91 Å². The van der Waals surface area contributed by atoms with E-state index in [0.29, 0.717) is 48.2 Å². The van der Waals surface area contributed by atoms with Crippen molar-refractivity contribution in [3.63, 3.8) is 0 Å². The predicted octanol–water partition coefficient (Wildman–Crippen LogP) is 2.40. The summed E-state index contributed by atoms with van der Waals surface area (Å²) in [4.78, 5) is 33.7. The van der Waals surface area contributed by atoms with Gasteiger partial charge in [-0.05, 0) is 38.0 Å². The molecule has 6 heteroatoms. The number of nitrogens with zero attached hydrogens (tertiary/aromatic N) is 3. The first kappa shape index (κ1) is 16.6. The summed E-state index contributed by atoms with van der Waals surface area (Å²) in [6.07, 6.45) is 3.09. The van der Waals surface area contributed by atoms with Crippen LogP contribution in [0.5, 0.6) is 0 Å². The number of hydrogen-bond acceptors (Lipinski definition) is 4. The molecule has 0 radical (unpaired) electrons. The Hall–Kier alpha value is -1.85. The Balaban J connectivity index is 1.38. The van der Waals surface area contributed by atoms with E-state index in [2.05, 4.69) is 18.8 Å². The van der Waals surface area contributed by atoms with Crippen LogP contribution in [0.1, 0.15) is 55.2 Å². The molecule has 6 nitrogen and oxygen atoms in total. The van der Waals surface area contributed by atoms with Crippen LogP contribution in [-0.4, -0.2) is 51.8 Å². The van der Waals surface area contributed by atoms with Crippen LogP contribution >= 0.6 is 0 Å². The van der Waals surface area contributed by atoms with Gasteiger partial charge in [-0.2, -0.15) is 0 Å². The van der Waals surface area contributed by atoms with Crippen LogP contribution in [0.3, 0.4) is 0 Å². The molecule has 2 amide bonds. The van der Waals surface area contributed by atoms with Gasteiger partial charge in [-0.25, -0.2) is 4.98 Å². The molecular formula is C19H27N3O3. The highest BCUT2D eigenvalue weighted by Crippen LogP contribution is 2.46. The van der Waals surface area contributed by atoms with Crippen LogP contribution in [0.25, 0.3) is 0 Å². The first-order valence-electron chi connectivity index (χ1n) is 9.40. The van der Waals surface area contributed by atoms with Gasteiger partial charge < -0.3 is 14.2 Å². The van der Waals surface area contributed by atoms with Crippen molar-refractivity contribution in [1.29, 1.82) is 0 Å². The maximum atomic E-state index is 12.8. The highest BCUT2D eigenvalue weighted by Gasteiger charge is 2.52. The number of aromatic nitrogens is 1. The quantitative estimate of drug-likeness (QED) is 0.840. The molecule has 1 aromatic heterocycles. The van der Waals surface area contributed by atoms with E-state index in [0.717, 1.165) is 19.3 Å². The molecule has 25 heavy (non-hydrogen) atoms. The number of rotatable bonds is 4. The molecule has 0 unspecified atom stereocenters. The van der Waals surface area contributed by atoms with Gasteiger partial charge in [-0.1, -0.05) is 13.8 Å². The summed E-state index contributed by atoms with van der Waals surface area (Å²) >= 11 is 0. The molecule has 136 valence electrons. The van der Waals surface area contributed by atoms with Crippen molar-refractivity contribution in [3.8, 4) is 0 Å². The van der Waals surface area contributed by atoms with E-state index in [1.54, 1.807) is 13.8 Å². The minimum absolute atomic E-state index is 0.0574. The molecule has 0 spiro atoms. The number of piperazine rings is 1. The largest absolute Gasteiger partial charge is 0.445 e. The third-order valence-electron chi connectivity index (χ3n) is 5.90. The fourth-order valence-electron chi connectivity index (χ4n) is 4.68. The Morgan fingerprint density at radius 3 is 2.40 bits per heavy atom. The summed E-state index contributed by atoms with van der Waals surface area (Å²) in [5.41, 5.74) is 0.419. The Morgan fingerprint density at radius 1 is 1.16 bits per heavy atom. The van der Waals surface area contributed by atoms with Crippen LogP contribution in [0.4, 0.5) is 0 Å². The Labute approximate surface area is 148 Å². The number of fused-ring (bicyclic) bond motifs is 2. The number of carbonyl (C=O) groups excluding carboxylic acids is 2. The Bertz CT molecular complexity index is 711. The summed E-state index contributed by atoms with van der Waals surface area (Å²) in [6, 6.07) is 0.301. The smallest absolute Gasteiger partial charge is 0.276 e. The average molecular weight is 345 g/mol. The lowest BCUT2D eigenvalue weighted by Gasteiger charge is -2.34. The second-order valence-corrected chi connectivity index (χ2v) is 8.36. The molecular weight excluding hydrogens is 318 g/mol. The molecule has 1 aliphatic carbocycles. The van der Waals surface area contributed by atoms with E-state index >= 15 is 0 Å². The Morgan fingerprint density at radius 2 is 1.84 bits per heavy atom. The number of likely N-dealkylation sites (tertiary alicyclic amines) is 2. The van der Waals surface area contributed by atoms with Gasteiger partial charge >= 0.3 is 0 Å². The first-order valence-corrected chi connectivity index (χ1v) is 9.40. The van der Waals surface area contributed by atoms with E-state index in [1.807, 2.05) is 9.80 Å². The fraction of sp³-hybridized carbons (Fsp3) is 0.737. The number of oxazole rings is 1. The topological polar surface area (TPSA) is 66.7 Å². The molecule has 0 aromatic carbocycles. The zero-order chi connectivity index (χ0) is 17.9. The van der Waals surface area contributed by atoms with Crippen molar-refractivity contribution in [3.05, 3.63) is 17.3 Å². The van der Waals surface area contributed by atoms with Crippen molar-refractivity contribution in [2.75, 3.05) is 13.1 Å². The molecule has 2 bridgehead atoms. The molecule has 4 atom stereocenters. The summed E-state index contributed by atoms with van der Waals surface area (Å²) in [7, 11) is 0. The molecule has 3 aliphatic rings. The fourth-order valence-corrected chi connectivity index (χ4v) is 4.68. The van der Waals surface area contributed by atoms with Crippen LogP contribution in [0.15, 0.2) is 4.42 Å². The van der Waals surface area contributed by atoms with E-state index in [1.165, 1.54) is 0 Å². The molecule has 3 fully saturated rings. The van der Waals surface area contributed by atoms with Crippen LogP contribution < -0.4 is 0 Å². The standard InChI is InChI=1S/C19H27N3O3/c1-10(2)5-13-6-16(13)18(23)21-8-15-7-14(21)9-22(15)19(24)17-11(3)25-12(4)20-17/h10,13-16H,5-9H2,1-4H3/t13-,14+,15+,16-/m1/s1. The second kappa shape index (κ2) is 5.85. The van der Waals surface area contributed by atoms with Gasteiger partial charge in [0.1, 0.15) is 5.76 Å². The van der Waals surface area contributed by atoms with E-state index in [-0.39, 0.29) is 23.9 Å². The second-order valence-electron chi connectivity index (χ2n) is 8.36. The first-order chi connectivity index (χ1) is 11.8. The normalized spacial score (nSPS) is 30.4. The zero-order valence-corrected chi connectivity index (χ0v) is 15.5. The van der Waals surface area contributed by atoms with Crippen molar-refractivity contribution < 1.29 is 14.0 Å². The lowest BCUT2D eigenvalue weighted by atomic mass is 10.1. The molecule has 1 aromatic rings. The van der Waals surface area contributed by atoms with Crippen molar-refractivity contribution in [2.45, 2.75) is 59.0 Å². The average Bonchev–Trinajstić information content (AvgIpc) is 2.89. The molecule has 1 saturated carbocycles. The van der Waals surface area contributed by atoms with Crippen molar-refractivity contribution in [2.24, 2.45) is 17.8 Å². The van der Waals surface area contributed by atoms with Crippen LogP contribution in [-0.2, 0) is 4.79 Å². The van der Waals surface area contributed by atoms with E-state index in [9.17, 15) is 9.59 Å². The minimum Gasteiger partial charge on any atom is -0.445 e. The predicted molar refractivity (Wildman–Crippen MR) is 92.0 cm³/mol. The lowest BCUT2D eigenvalue weighted by molar-refractivity contribution is -0.135. The maximum Gasteiger partial charge on any atom is 0.276 e. The maximum absolute atomic E-state index is 12.8. The van der Waals surface area contributed by atoms with Gasteiger partial charge in [0.15, 0.2) is 11.6 Å². The number of carbonyl (C=O) groups is 2. The SMILES string of the molecule is Cc1nc(C(=O)N2C[C@@H]3C[C@H]2CN3C(=O)[C@@H]2C[C@H]2CC(C)C)c(C)o1. The van der Waals surface area contributed by atoms with Crippen LogP contribution in [0.2, 0.25) is 0 Å². The summed E-state index contributed by atoms with van der Waals surface area (Å²) in [5.74, 6) is 2.81. The van der Waals surface area contributed by atoms with E-state index in [4.69, 9.17) is 4.42 Å². The molecule has 2 saturated heterocycles. The zero-order valence-electron chi connectivity index (χ0n) is 15.5. The number of hydrogen-bond donors (Lipinski definition) is 0. The van der Waals surface area contributed by atoms with Gasteiger partial charge in [0.25, 0.3) is 5.91 Å². The van der Waals surface area contributed by atoms with E-state index < -0.39 is 0 Å². The van der Waals surface area contributed by atoms with Gasteiger partial charge in [-0.15, -0.1) is 0 Å². The van der Waals surface area contributed by atoms with Gasteiger partial charge in [0, 0.05) is 25.9 Å². The third kappa shape index (κ3) is 2.85. The number of aryl methyl sites for hydroxylation is 2. The van der Waals surface area contributed by atoms with Gasteiger partial charge in [-0.3, -0.25) is 9.59 Å². The van der Waals surface area contributed by atoms with Crippen LogP contribution in [0, 0.1) is 31.6 Å². The summed E-state index contributed by atoms with van der Waals surface area (Å²) in [6.45, 7) is 9.27. The molecule has 0 N–H and O–H groups in total. The molecule has 2 aliphatic heterocycles. The monoisotopic (exact) mass is 345 g/mol. The minimum atomic E-state index is -0.0574.